The SMILES string of the molecule is CC(NC(c1ccccc1)c1ccncc1)C1CC1. The fraction of sp³-hybridized carbons (Fsp3) is 0.353. The molecule has 98 valence electrons. The molecule has 2 unspecified atom stereocenters. The zero-order valence-corrected chi connectivity index (χ0v) is 11.3. The van der Waals surface area contributed by atoms with E-state index < -0.39 is 0 Å². The fourth-order valence-corrected chi connectivity index (χ4v) is 2.58. The second-order valence-corrected chi connectivity index (χ2v) is 5.42. The minimum absolute atomic E-state index is 0.264. The van der Waals surface area contributed by atoms with Crippen molar-refractivity contribution in [1.29, 1.82) is 0 Å². The molecule has 3 rings (SSSR count). The second-order valence-electron chi connectivity index (χ2n) is 5.42. The maximum Gasteiger partial charge on any atom is 0.0579 e. The van der Waals surface area contributed by atoms with Crippen LogP contribution in [0.3, 0.4) is 0 Å². The van der Waals surface area contributed by atoms with Crippen LogP contribution in [0.1, 0.15) is 36.9 Å². The summed E-state index contributed by atoms with van der Waals surface area (Å²) in [5, 5.41) is 3.78. The van der Waals surface area contributed by atoms with Crippen molar-refractivity contribution < 1.29 is 0 Å². The summed E-state index contributed by atoms with van der Waals surface area (Å²) in [7, 11) is 0. The average Bonchev–Trinajstić information content (AvgIpc) is 3.31. The summed E-state index contributed by atoms with van der Waals surface area (Å²) in [6.07, 6.45) is 6.47. The molecule has 1 heterocycles. The van der Waals surface area contributed by atoms with Gasteiger partial charge in [-0.1, -0.05) is 30.3 Å². The van der Waals surface area contributed by atoms with Gasteiger partial charge in [-0.15, -0.1) is 0 Å². The van der Waals surface area contributed by atoms with Gasteiger partial charge >= 0.3 is 0 Å². The summed E-state index contributed by atoms with van der Waals surface area (Å²) >= 11 is 0. The summed E-state index contributed by atoms with van der Waals surface area (Å²) in [5.41, 5.74) is 2.61. The Kier molecular flexibility index (Phi) is 3.60. The highest BCUT2D eigenvalue weighted by Crippen LogP contribution is 2.34. The minimum atomic E-state index is 0.264. The summed E-state index contributed by atoms with van der Waals surface area (Å²) in [5.74, 6) is 0.855. The van der Waals surface area contributed by atoms with Gasteiger partial charge in [-0.05, 0) is 48.9 Å². The highest BCUT2D eigenvalue weighted by atomic mass is 15.0. The lowest BCUT2D eigenvalue weighted by atomic mass is 9.98. The Morgan fingerprint density at radius 1 is 1.00 bits per heavy atom. The number of aromatic nitrogens is 1. The predicted octanol–water partition coefficient (Wildman–Crippen LogP) is 3.56. The van der Waals surface area contributed by atoms with Crippen LogP contribution in [0.4, 0.5) is 0 Å². The van der Waals surface area contributed by atoms with Gasteiger partial charge in [0.1, 0.15) is 0 Å². The molecule has 0 spiro atoms. The number of benzene rings is 1. The average molecular weight is 252 g/mol. The van der Waals surface area contributed by atoms with Gasteiger partial charge in [0.25, 0.3) is 0 Å². The molecule has 0 saturated heterocycles. The van der Waals surface area contributed by atoms with Crippen molar-refractivity contribution in [1.82, 2.24) is 10.3 Å². The quantitative estimate of drug-likeness (QED) is 0.880. The summed E-state index contributed by atoms with van der Waals surface area (Å²) in [4.78, 5) is 4.12. The van der Waals surface area contributed by atoms with Gasteiger partial charge in [0, 0.05) is 18.4 Å². The molecule has 0 amide bonds. The fourth-order valence-electron chi connectivity index (χ4n) is 2.58. The first-order valence-electron chi connectivity index (χ1n) is 7.05. The molecular formula is C17H20N2. The molecule has 2 atom stereocenters. The van der Waals surface area contributed by atoms with Crippen LogP contribution < -0.4 is 5.32 Å². The largest absolute Gasteiger partial charge is 0.303 e. The third kappa shape index (κ3) is 3.02. The zero-order valence-electron chi connectivity index (χ0n) is 11.3. The Bertz CT molecular complexity index is 466. The minimum Gasteiger partial charge on any atom is -0.303 e. The summed E-state index contributed by atoms with van der Waals surface area (Å²) < 4.78 is 0. The standard InChI is InChI=1S/C17H20N2/c1-13(14-7-8-14)19-17(15-5-3-2-4-6-15)16-9-11-18-12-10-16/h2-6,9-14,17,19H,7-8H2,1H3. The number of nitrogens with one attached hydrogen (secondary N) is 1. The van der Waals surface area contributed by atoms with Gasteiger partial charge < -0.3 is 5.32 Å². The molecule has 1 N–H and O–H groups in total. The maximum atomic E-state index is 4.12. The molecular weight excluding hydrogens is 232 g/mol. The van der Waals surface area contributed by atoms with Crippen molar-refractivity contribution in [3.63, 3.8) is 0 Å². The van der Waals surface area contributed by atoms with Crippen LogP contribution >= 0.6 is 0 Å². The lowest BCUT2D eigenvalue weighted by Crippen LogP contribution is -2.32. The van der Waals surface area contributed by atoms with E-state index in [1.54, 1.807) is 0 Å². The molecule has 1 aliphatic rings. The molecule has 1 aliphatic carbocycles. The second kappa shape index (κ2) is 5.54. The van der Waals surface area contributed by atoms with Gasteiger partial charge in [-0.25, -0.2) is 0 Å². The Balaban J connectivity index is 1.87. The maximum absolute atomic E-state index is 4.12. The van der Waals surface area contributed by atoms with E-state index >= 15 is 0 Å². The van der Waals surface area contributed by atoms with E-state index in [-0.39, 0.29) is 6.04 Å². The molecule has 1 aromatic heterocycles. The number of rotatable bonds is 5. The van der Waals surface area contributed by atoms with Crippen LogP contribution in [-0.4, -0.2) is 11.0 Å². The first-order chi connectivity index (χ1) is 9.34. The Morgan fingerprint density at radius 2 is 1.63 bits per heavy atom. The van der Waals surface area contributed by atoms with Crippen LogP contribution in [-0.2, 0) is 0 Å². The van der Waals surface area contributed by atoms with Gasteiger partial charge in [-0.2, -0.15) is 0 Å². The smallest absolute Gasteiger partial charge is 0.0579 e. The zero-order chi connectivity index (χ0) is 13.1. The van der Waals surface area contributed by atoms with E-state index in [1.807, 2.05) is 12.4 Å². The normalized spacial score (nSPS) is 17.9. The van der Waals surface area contributed by atoms with Crippen molar-refractivity contribution in [2.75, 3.05) is 0 Å². The van der Waals surface area contributed by atoms with Crippen LogP contribution in [0, 0.1) is 5.92 Å². The van der Waals surface area contributed by atoms with Crippen molar-refractivity contribution >= 4 is 0 Å². The number of nitrogens with zero attached hydrogens (tertiary/aromatic N) is 1. The van der Waals surface area contributed by atoms with Crippen LogP contribution in [0.5, 0.6) is 0 Å². The molecule has 19 heavy (non-hydrogen) atoms. The van der Waals surface area contributed by atoms with Crippen molar-refractivity contribution in [2.24, 2.45) is 5.92 Å². The molecule has 2 heteroatoms. The molecule has 1 fully saturated rings. The molecule has 2 nitrogen and oxygen atoms in total. The topological polar surface area (TPSA) is 24.9 Å². The lowest BCUT2D eigenvalue weighted by molar-refractivity contribution is 0.457. The van der Waals surface area contributed by atoms with E-state index in [2.05, 4.69) is 59.7 Å². The molecule has 1 saturated carbocycles. The third-order valence-electron chi connectivity index (χ3n) is 3.93. The molecule has 2 aromatic rings. The van der Waals surface area contributed by atoms with E-state index in [0.29, 0.717) is 6.04 Å². The van der Waals surface area contributed by atoms with Gasteiger partial charge in [0.2, 0.25) is 0 Å². The Labute approximate surface area is 114 Å². The molecule has 0 bridgehead atoms. The Hall–Kier alpha value is -1.67. The molecule has 0 aliphatic heterocycles. The summed E-state index contributed by atoms with van der Waals surface area (Å²) in [6, 6.07) is 15.7. The predicted molar refractivity (Wildman–Crippen MR) is 77.8 cm³/mol. The third-order valence-corrected chi connectivity index (χ3v) is 3.93. The highest BCUT2D eigenvalue weighted by Gasteiger charge is 2.29. The van der Waals surface area contributed by atoms with Crippen LogP contribution in [0.15, 0.2) is 54.9 Å². The van der Waals surface area contributed by atoms with E-state index in [0.717, 1.165) is 5.92 Å². The Morgan fingerprint density at radius 3 is 2.26 bits per heavy atom. The van der Waals surface area contributed by atoms with E-state index in [1.165, 1.54) is 24.0 Å². The van der Waals surface area contributed by atoms with Crippen molar-refractivity contribution in [2.45, 2.75) is 31.8 Å². The number of pyridine rings is 1. The van der Waals surface area contributed by atoms with Crippen molar-refractivity contribution in [3.05, 3.63) is 66.0 Å². The van der Waals surface area contributed by atoms with E-state index in [9.17, 15) is 0 Å². The van der Waals surface area contributed by atoms with Crippen LogP contribution in [0.25, 0.3) is 0 Å². The van der Waals surface area contributed by atoms with Gasteiger partial charge in [0.15, 0.2) is 0 Å². The number of hydrogen-bond acceptors (Lipinski definition) is 2. The highest BCUT2D eigenvalue weighted by molar-refractivity contribution is 5.30. The van der Waals surface area contributed by atoms with E-state index in [4.69, 9.17) is 0 Å². The van der Waals surface area contributed by atoms with Crippen LogP contribution in [0.2, 0.25) is 0 Å². The number of hydrogen-bond donors (Lipinski definition) is 1. The first-order valence-corrected chi connectivity index (χ1v) is 7.05. The van der Waals surface area contributed by atoms with Gasteiger partial charge in [0.05, 0.1) is 6.04 Å². The van der Waals surface area contributed by atoms with Crippen molar-refractivity contribution in [3.8, 4) is 0 Å². The summed E-state index contributed by atoms with van der Waals surface area (Å²) in [6.45, 7) is 2.30. The monoisotopic (exact) mass is 252 g/mol. The lowest BCUT2D eigenvalue weighted by Gasteiger charge is -2.24. The molecule has 1 aromatic carbocycles. The molecule has 0 radical (unpaired) electrons. The first kappa shape index (κ1) is 12.4. The van der Waals surface area contributed by atoms with Gasteiger partial charge in [-0.3, -0.25) is 4.98 Å².